The van der Waals surface area contributed by atoms with Gasteiger partial charge in [0, 0.05) is 28.7 Å². The number of carbonyl (C=O) groups is 1. The first-order valence-corrected chi connectivity index (χ1v) is 8.54. The summed E-state index contributed by atoms with van der Waals surface area (Å²) in [5, 5.41) is 13.3. The zero-order chi connectivity index (χ0) is 15.0. The Labute approximate surface area is 122 Å². The molecule has 3 N–H and O–H groups in total. The summed E-state index contributed by atoms with van der Waals surface area (Å²) in [5.41, 5.74) is 1.49. The van der Waals surface area contributed by atoms with Gasteiger partial charge in [0.25, 0.3) is 0 Å². The van der Waals surface area contributed by atoms with Gasteiger partial charge in [0.05, 0.1) is 11.5 Å². The zero-order valence-corrected chi connectivity index (χ0v) is 12.1. The van der Waals surface area contributed by atoms with Gasteiger partial charge in [-0.15, -0.1) is 0 Å². The van der Waals surface area contributed by atoms with Crippen molar-refractivity contribution in [1.29, 1.82) is 0 Å². The molecule has 0 saturated carbocycles. The van der Waals surface area contributed by atoms with E-state index in [9.17, 15) is 18.3 Å². The maximum atomic E-state index is 11.6. The Balaban J connectivity index is 1.90. The average molecular weight is 308 g/mol. The normalized spacial score (nSPS) is 22.4. The van der Waals surface area contributed by atoms with Crippen LogP contribution in [-0.4, -0.2) is 42.0 Å². The van der Waals surface area contributed by atoms with Gasteiger partial charge < -0.3 is 10.1 Å². The van der Waals surface area contributed by atoms with Gasteiger partial charge in [-0.05, 0) is 12.5 Å². The zero-order valence-electron chi connectivity index (χ0n) is 11.2. The monoisotopic (exact) mass is 308 g/mol. The number of hydrogen-bond acceptors (Lipinski definition) is 4. The van der Waals surface area contributed by atoms with E-state index in [-0.39, 0.29) is 17.5 Å². The summed E-state index contributed by atoms with van der Waals surface area (Å²) in [6.07, 6.45) is 2.12. The van der Waals surface area contributed by atoms with Crippen LogP contribution in [0.3, 0.4) is 0 Å². The Morgan fingerprint density at radius 1 is 1.38 bits per heavy atom. The molecule has 21 heavy (non-hydrogen) atoms. The van der Waals surface area contributed by atoms with Gasteiger partial charge in [0.15, 0.2) is 9.84 Å². The van der Waals surface area contributed by atoms with E-state index in [0.29, 0.717) is 12.0 Å². The quantitative estimate of drug-likeness (QED) is 0.784. The minimum Gasteiger partial charge on any atom is -0.480 e. The molecule has 0 bridgehead atoms. The summed E-state index contributed by atoms with van der Waals surface area (Å²) in [5.74, 6) is -0.895. The Morgan fingerprint density at radius 3 is 2.81 bits per heavy atom. The SMILES string of the molecule is O=C(O)[C@H](N[C@H]1CCS(=O)(=O)C1)c1c[nH]c2ccccc12. The third-order valence-electron chi connectivity index (χ3n) is 3.81. The summed E-state index contributed by atoms with van der Waals surface area (Å²) in [4.78, 5) is 14.6. The van der Waals surface area contributed by atoms with Gasteiger partial charge >= 0.3 is 5.97 Å². The second-order valence-electron chi connectivity index (χ2n) is 5.33. The van der Waals surface area contributed by atoms with Crippen molar-refractivity contribution >= 4 is 26.7 Å². The van der Waals surface area contributed by atoms with Gasteiger partial charge in [-0.3, -0.25) is 10.1 Å². The van der Waals surface area contributed by atoms with E-state index in [0.717, 1.165) is 10.9 Å². The number of carboxylic acids is 1. The van der Waals surface area contributed by atoms with Crippen molar-refractivity contribution in [2.75, 3.05) is 11.5 Å². The number of benzene rings is 1. The Kier molecular flexibility index (Phi) is 3.46. The van der Waals surface area contributed by atoms with Gasteiger partial charge in [-0.2, -0.15) is 0 Å². The Bertz CT molecular complexity index is 781. The summed E-state index contributed by atoms with van der Waals surface area (Å²) < 4.78 is 23.0. The van der Waals surface area contributed by atoms with Crippen molar-refractivity contribution in [3.63, 3.8) is 0 Å². The highest BCUT2D eigenvalue weighted by Gasteiger charge is 2.32. The van der Waals surface area contributed by atoms with Crippen molar-refractivity contribution in [1.82, 2.24) is 10.3 Å². The molecule has 0 radical (unpaired) electrons. The van der Waals surface area contributed by atoms with Crippen LogP contribution < -0.4 is 5.32 Å². The molecule has 0 aliphatic carbocycles. The fourth-order valence-corrected chi connectivity index (χ4v) is 4.48. The molecule has 1 fully saturated rings. The molecule has 2 aromatic rings. The molecule has 2 heterocycles. The molecule has 1 aromatic carbocycles. The lowest BCUT2D eigenvalue weighted by Gasteiger charge is -2.18. The predicted molar refractivity (Wildman–Crippen MR) is 78.9 cm³/mol. The second-order valence-corrected chi connectivity index (χ2v) is 7.56. The molecule has 112 valence electrons. The van der Waals surface area contributed by atoms with E-state index in [4.69, 9.17) is 0 Å². The highest BCUT2D eigenvalue weighted by atomic mass is 32.2. The minimum atomic E-state index is -3.04. The summed E-state index contributed by atoms with van der Waals surface area (Å²) in [6.45, 7) is 0. The van der Waals surface area contributed by atoms with E-state index in [1.54, 1.807) is 6.20 Å². The maximum absolute atomic E-state index is 11.6. The van der Waals surface area contributed by atoms with Crippen LogP contribution in [0.5, 0.6) is 0 Å². The third-order valence-corrected chi connectivity index (χ3v) is 5.58. The number of para-hydroxylation sites is 1. The minimum absolute atomic E-state index is 0.000858. The van der Waals surface area contributed by atoms with Crippen LogP contribution in [-0.2, 0) is 14.6 Å². The largest absolute Gasteiger partial charge is 0.480 e. The van der Waals surface area contributed by atoms with Gasteiger partial charge in [0.1, 0.15) is 6.04 Å². The number of nitrogens with one attached hydrogen (secondary N) is 2. The number of aliphatic carboxylic acids is 1. The van der Waals surface area contributed by atoms with E-state index >= 15 is 0 Å². The molecule has 0 unspecified atom stereocenters. The molecule has 1 saturated heterocycles. The van der Waals surface area contributed by atoms with Gasteiger partial charge in [-0.25, -0.2) is 8.42 Å². The van der Waals surface area contributed by atoms with Crippen LogP contribution in [0.4, 0.5) is 0 Å². The Hall–Kier alpha value is -1.86. The van der Waals surface area contributed by atoms with E-state index in [1.165, 1.54) is 0 Å². The molecule has 1 aromatic heterocycles. The first kappa shape index (κ1) is 14.1. The maximum Gasteiger partial charge on any atom is 0.325 e. The molecule has 0 spiro atoms. The fourth-order valence-electron chi connectivity index (χ4n) is 2.79. The number of hydrogen-bond donors (Lipinski definition) is 3. The van der Waals surface area contributed by atoms with Crippen molar-refractivity contribution in [2.45, 2.75) is 18.5 Å². The first-order chi connectivity index (χ1) is 9.96. The van der Waals surface area contributed by atoms with Crippen LogP contribution in [0.2, 0.25) is 0 Å². The second kappa shape index (κ2) is 5.16. The molecule has 1 aliphatic rings. The lowest BCUT2D eigenvalue weighted by Crippen LogP contribution is -2.37. The molecule has 3 rings (SSSR count). The van der Waals surface area contributed by atoms with Crippen LogP contribution in [0.1, 0.15) is 18.0 Å². The Morgan fingerprint density at radius 2 is 2.14 bits per heavy atom. The summed E-state index contributed by atoms with van der Waals surface area (Å²) >= 11 is 0. The molecule has 7 heteroatoms. The topological polar surface area (TPSA) is 99.3 Å². The first-order valence-electron chi connectivity index (χ1n) is 6.71. The van der Waals surface area contributed by atoms with Crippen LogP contribution in [0.15, 0.2) is 30.5 Å². The number of carboxylic acid groups (broad SMARTS) is 1. The number of H-pyrrole nitrogens is 1. The molecular weight excluding hydrogens is 292 g/mol. The van der Waals surface area contributed by atoms with E-state index < -0.39 is 21.8 Å². The van der Waals surface area contributed by atoms with Crippen molar-refractivity contribution in [2.24, 2.45) is 0 Å². The number of sulfone groups is 1. The van der Waals surface area contributed by atoms with E-state index in [2.05, 4.69) is 10.3 Å². The fraction of sp³-hybridized carbons (Fsp3) is 0.357. The smallest absolute Gasteiger partial charge is 0.325 e. The molecule has 2 atom stereocenters. The summed E-state index contributed by atoms with van der Waals surface area (Å²) in [7, 11) is -3.04. The lowest BCUT2D eigenvalue weighted by atomic mass is 10.0. The van der Waals surface area contributed by atoms with Crippen molar-refractivity contribution in [3.8, 4) is 0 Å². The van der Waals surface area contributed by atoms with Crippen LogP contribution in [0.25, 0.3) is 10.9 Å². The number of fused-ring (bicyclic) bond motifs is 1. The van der Waals surface area contributed by atoms with E-state index in [1.807, 2.05) is 24.3 Å². The highest BCUT2D eigenvalue weighted by molar-refractivity contribution is 7.91. The van der Waals surface area contributed by atoms with Crippen molar-refractivity contribution in [3.05, 3.63) is 36.0 Å². The molecule has 6 nitrogen and oxygen atoms in total. The lowest BCUT2D eigenvalue weighted by molar-refractivity contribution is -0.139. The molecule has 0 amide bonds. The standard InChI is InChI=1S/C14H16N2O4S/c17-14(18)13(16-9-5-6-21(19,20)8-9)11-7-15-12-4-2-1-3-10(11)12/h1-4,7,9,13,15-16H,5-6,8H2,(H,17,18)/t9-,13+/m0/s1. The van der Waals surface area contributed by atoms with Crippen LogP contribution >= 0.6 is 0 Å². The number of rotatable bonds is 4. The van der Waals surface area contributed by atoms with Crippen LogP contribution in [0, 0.1) is 0 Å². The number of aromatic amines is 1. The summed E-state index contributed by atoms with van der Waals surface area (Å²) in [6, 6.07) is 6.21. The molecule has 1 aliphatic heterocycles. The predicted octanol–water partition coefficient (Wildman–Crippen LogP) is 1.07. The van der Waals surface area contributed by atoms with Gasteiger partial charge in [0.2, 0.25) is 0 Å². The van der Waals surface area contributed by atoms with Gasteiger partial charge in [-0.1, -0.05) is 18.2 Å². The number of aromatic nitrogens is 1. The highest BCUT2D eigenvalue weighted by Crippen LogP contribution is 2.26. The average Bonchev–Trinajstić information content (AvgIpc) is 2.99. The molecular formula is C14H16N2O4S. The van der Waals surface area contributed by atoms with Crippen molar-refractivity contribution < 1.29 is 18.3 Å². The third kappa shape index (κ3) is 2.79.